The van der Waals surface area contributed by atoms with Gasteiger partial charge in [0.2, 0.25) is 0 Å². The van der Waals surface area contributed by atoms with E-state index in [-0.39, 0.29) is 0 Å². The lowest BCUT2D eigenvalue weighted by Gasteiger charge is -2.28. The van der Waals surface area contributed by atoms with Gasteiger partial charge in [0.25, 0.3) is 0 Å². The van der Waals surface area contributed by atoms with Gasteiger partial charge in [-0.1, -0.05) is 19.8 Å². The minimum atomic E-state index is 0.754. The van der Waals surface area contributed by atoms with Crippen molar-refractivity contribution >= 4 is 0 Å². The third kappa shape index (κ3) is 3.83. The Morgan fingerprint density at radius 1 is 1.37 bits per heavy atom. The van der Waals surface area contributed by atoms with Crippen LogP contribution in [0.25, 0.3) is 0 Å². The molecule has 1 atom stereocenters. The highest BCUT2D eigenvalue weighted by Gasteiger charge is 2.21. The molecule has 0 amide bonds. The van der Waals surface area contributed by atoms with Gasteiger partial charge < -0.3 is 9.73 Å². The van der Waals surface area contributed by atoms with E-state index in [0.717, 1.165) is 30.7 Å². The van der Waals surface area contributed by atoms with Crippen molar-refractivity contribution < 1.29 is 4.42 Å². The van der Waals surface area contributed by atoms with Gasteiger partial charge in [-0.2, -0.15) is 0 Å². The number of likely N-dealkylation sites (tertiary alicyclic amines) is 1. The number of hydrogen-bond acceptors (Lipinski definition) is 3. The Bertz CT molecular complexity index is 386. The molecule has 19 heavy (non-hydrogen) atoms. The number of furan rings is 1. The molecule has 0 radical (unpaired) electrons. The summed E-state index contributed by atoms with van der Waals surface area (Å²) in [6, 6.07) is 2.98. The first-order valence-electron chi connectivity index (χ1n) is 7.71. The molecule has 1 saturated heterocycles. The Hall–Kier alpha value is -0.800. The van der Waals surface area contributed by atoms with Gasteiger partial charge in [-0.15, -0.1) is 0 Å². The first kappa shape index (κ1) is 14.6. The molecule has 0 bridgehead atoms. The summed E-state index contributed by atoms with van der Waals surface area (Å²) < 4.78 is 5.81. The molecule has 3 nitrogen and oxygen atoms in total. The number of nitrogens with zero attached hydrogens (tertiary/aromatic N) is 1. The minimum Gasteiger partial charge on any atom is -0.465 e. The molecule has 108 valence electrons. The topological polar surface area (TPSA) is 28.4 Å². The fourth-order valence-electron chi connectivity index (χ4n) is 3.13. The van der Waals surface area contributed by atoms with Crippen LogP contribution in [0.3, 0.4) is 0 Å². The fraction of sp³-hybridized carbons (Fsp3) is 0.750. The average molecular weight is 264 g/mol. The van der Waals surface area contributed by atoms with Crippen molar-refractivity contribution in [2.24, 2.45) is 0 Å². The van der Waals surface area contributed by atoms with E-state index in [1.54, 1.807) is 0 Å². The predicted octanol–water partition coefficient (Wildman–Crippen LogP) is 3.46. The lowest BCUT2D eigenvalue weighted by Crippen LogP contribution is -2.33. The summed E-state index contributed by atoms with van der Waals surface area (Å²) in [4.78, 5) is 2.66. The Labute approximate surface area is 117 Å². The van der Waals surface area contributed by atoms with Crippen molar-refractivity contribution in [3.8, 4) is 0 Å². The lowest BCUT2D eigenvalue weighted by atomic mass is 10.1. The minimum absolute atomic E-state index is 0.754. The van der Waals surface area contributed by atoms with Gasteiger partial charge in [-0.3, -0.25) is 4.90 Å². The molecule has 0 saturated carbocycles. The van der Waals surface area contributed by atoms with E-state index >= 15 is 0 Å². The van der Waals surface area contributed by atoms with Crippen LogP contribution < -0.4 is 5.32 Å². The third-order valence-electron chi connectivity index (χ3n) is 4.27. The van der Waals surface area contributed by atoms with Crippen LogP contribution in [0, 0.1) is 6.92 Å². The lowest BCUT2D eigenvalue weighted by molar-refractivity contribution is 0.185. The standard InChI is InChI=1S/C16H28N2O/c1-4-15-8-6-5-7-9-18(15)12-14-10-16(11-17-3)19-13(14)2/h10,15,17H,4-9,11-12H2,1-3H3. The summed E-state index contributed by atoms with van der Waals surface area (Å²) in [5.41, 5.74) is 1.37. The normalized spacial score (nSPS) is 21.5. The molecule has 1 aromatic rings. The highest BCUT2D eigenvalue weighted by atomic mass is 16.3. The average Bonchev–Trinajstić information content (AvgIpc) is 2.62. The second kappa shape index (κ2) is 7.11. The molecular formula is C16H28N2O. The SMILES string of the molecule is CCC1CCCCCN1Cc1cc(CNC)oc1C. The van der Waals surface area contributed by atoms with E-state index in [4.69, 9.17) is 4.42 Å². The van der Waals surface area contributed by atoms with E-state index in [2.05, 4.69) is 30.1 Å². The summed E-state index contributed by atoms with van der Waals surface area (Å²) in [6.07, 6.45) is 6.75. The summed E-state index contributed by atoms with van der Waals surface area (Å²) in [7, 11) is 1.96. The van der Waals surface area contributed by atoms with Gasteiger partial charge in [0, 0.05) is 18.2 Å². The van der Waals surface area contributed by atoms with Crippen LogP contribution in [0.5, 0.6) is 0 Å². The van der Waals surface area contributed by atoms with Gasteiger partial charge in [0.15, 0.2) is 0 Å². The zero-order valence-electron chi connectivity index (χ0n) is 12.7. The maximum Gasteiger partial charge on any atom is 0.118 e. The van der Waals surface area contributed by atoms with Crippen LogP contribution in [0.4, 0.5) is 0 Å². The van der Waals surface area contributed by atoms with Gasteiger partial charge in [0.1, 0.15) is 11.5 Å². The molecule has 2 rings (SSSR count). The van der Waals surface area contributed by atoms with Crippen LogP contribution >= 0.6 is 0 Å². The van der Waals surface area contributed by atoms with Crippen LogP contribution in [0.1, 0.15) is 56.1 Å². The van der Waals surface area contributed by atoms with Crippen molar-refractivity contribution in [2.45, 2.75) is 65.1 Å². The Morgan fingerprint density at radius 3 is 2.95 bits per heavy atom. The first-order chi connectivity index (χ1) is 9.24. The van der Waals surface area contributed by atoms with Crippen LogP contribution in [-0.4, -0.2) is 24.5 Å². The van der Waals surface area contributed by atoms with Crippen molar-refractivity contribution in [1.29, 1.82) is 0 Å². The molecule has 1 aromatic heterocycles. The van der Waals surface area contributed by atoms with Gasteiger partial charge >= 0.3 is 0 Å². The molecule has 1 unspecified atom stereocenters. The maximum atomic E-state index is 5.81. The van der Waals surface area contributed by atoms with Gasteiger partial charge in [-0.25, -0.2) is 0 Å². The third-order valence-corrected chi connectivity index (χ3v) is 4.27. The monoisotopic (exact) mass is 264 g/mol. The zero-order chi connectivity index (χ0) is 13.7. The molecule has 2 heterocycles. The summed E-state index contributed by atoms with van der Waals surface area (Å²) in [5, 5.41) is 3.15. The van der Waals surface area contributed by atoms with Gasteiger partial charge in [-0.05, 0) is 45.8 Å². The highest BCUT2D eigenvalue weighted by Crippen LogP contribution is 2.23. The van der Waals surface area contributed by atoms with Crippen molar-refractivity contribution in [3.05, 3.63) is 23.2 Å². The number of rotatable bonds is 5. The maximum absolute atomic E-state index is 5.81. The predicted molar refractivity (Wildman–Crippen MR) is 79.2 cm³/mol. The molecule has 1 fully saturated rings. The van der Waals surface area contributed by atoms with E-state index < -0.39 is 0 Å². The highest BCUT2D eigenvalue weighted by molar-refractivity contribution is 5.21. The van der Waals surface area contributed by atoms with Crippen LogP contribution in [0.2, 0.25) is 0 Å². The zero-order valence-corrected chi connectivity index (χ0v) is 12.7. The molecule has 3 heteroatoms. The van der Waals surface area contributed by atoms with Crippen molar-refractivity contribution in [3.63, 3.8) is 0 Å². The summed E-state index contributed by atoms with van der Waals surface area (Å²) >= 11 is 0. The second-order valence-corrected chi connectivity index (χ2v) is 5.71. The van der Waals surface area contributed by atoms with Crippen LogP contribution in [0.15, 0.2) is 10.5 Å². The van der Waals surface area contributed by atoms with E-state index in [1.807, 2.05) is 7.05 Å². The van der Waals surface area contributed by atoms with E-state index in [9.17, 15) is 0 Å². The molecule has 1 aliphatic rings. The van der Waals surface area contributed by atoms with Crippen molar-refractivity contribution in [1.82, 2.24) is 10.2 Å². The molecule has 1 aliphatic heterocycles. The summed E-state index contributed by atoms with van der Waals surface area (Å²) in [6.45, 7) is 7.52. The van der Waals surface area contributed by atoms with E-state index in [0.29, 0.717) is 0 Å². The quantitative estimate of drug-likeness (QED) is 0.883. The molecule has 1 N–H and O–H groups in total. The Balaban J connectivity index is 2.05. The smallest absolute Gasteiger partial charge is 0.118 e. The molecular weight excluding hydrogens is 236 g/mol. The van der Waals surface area contributed by atoms with Crippen LogP contribution in [-0.2, 0) is 13.1 Å². The largest absolute Gasteiger partial charge is 0.465 e. The van der Waals surface area contributed by atoms with Crippen molar-refractivity contribution in [2.75, 3.05) is 13.6 Å². The summed E-state index contributed by atoms with van der Waals surface area (Å²) in [5.74, 6) is 2.14. The molecule has 0 spiro atoms. The van der Waals surface area contributed by atoms with E-state index in [1.165, 1.54) is 44.2 Å². The first-order valence-corrected chi connectivity index (χ1v) is 7.71. The molecule has 0 aromatic carbocycles. The Morgan fingerprint density at radius 2 is 2.21 bits per heavy atom. The Kier molecular flexibility index (Phi) is 5.46. The molecule has 0 aliphatic carbocycles. The second-order valence-electron chi connectivity index (χ2n) is 5.71. The number of aryl methyl sites for hydroxylation is 1. The fourth-order valence-corrected chi connectivity index (χ4v) is 3.13. The van der Waals surface area contributed by atoms with Gasteiger partial charge in [0.05, 0.1) is 6.54 Å². The number of nitrogens with one attached hydrogen (secondary N) is 1. The number of hydrogen-bond donors (Lipinski definition) is 1.